The van der Waals surface area contributed by atoms with Gasteiger partial charge in [-0.1, -0.05) is 0 Å². The predicted molar refractivity (Wildman–Crippen MR) is 68.2 cm³/mol. The first-order chi connectivity index (χ1) is 8.10. The van der Waals surface area contributed by atoms with Gasteiger partial charge in [-0.05, 0) is 75.5 Å². The van der Waals surface area contributed by atoms with Crippen molar-refractivity contribution >= 4 is 0 Å². The van der Waals surface area contributed by atoms with Crippen LogP contribution in [0.15, 0.2) is 5.29 Å². The molecule has 0 heterocycles. The zero-order chi connectivity index (χ0) is 12.0. The van der Waals surface area contributed by atoms with Gasteiger partial charge in [-0.15, -0.1) is 4.91 Å². The first kappa shape index (κ1) is 11.5. The van der Waals surface area contributed by atoms with Crippen LogP contribution in [-0.4, -0.2) is 17.6 Å². The molecule has 0 aromatic heterocycles. The van der Waals surface area contributed by atoms with E-state index in [2.05, 4.69) is 19.1 Å². The van der Waals surface area contributed by atoms with Crippen LogP contribution in [0.5, 0.6) is 0 Å². The fourth-order valence-corrected chi connectivity index (χ4v) is 5.13. The molecule has 0 radical (unpaired) electrons. The second kappa shape index (κ2) is 3.96. The summed E-state index contributed by atoms with van der Waals surface area (Å²) in [6.45, 7) is 5.06. The highest BCUT2D eigenvalue weighted by Gasteiger charge is 2.51. The van der Waals surface area contributed by atoms with Crippen molar-refractivity contribution in [3.8, 4) is 0 Å². The number of rotatable bonds is 4. The molecule has 4 rings (SSSR count). The van der Waals surface area contributed by atoms with E-state index in [1.54, 1.807) is 5.01 Å². The largest absolute Gasteiger partial charge is 0.258 e. The fraction of sp³-hybridized carbons (Fsp3) is 1.00. The molecule has 3 heteroatoms. The van der Waals surface area contributed by atoms with Gasteiger partial charge in [0.1, 0.15) is 0 Å². The molecule has 4 fully saturated rings. The van der Waals surface area contributed by atoms with Gasteiger partial charge in [0.05, 0.1) is 5.29 Å². The van der Waals surface area contributed by atoms with Crippen molar-refractivity contribution in [1.29, 1.82) is 0 Å². The SMILES string of the molecule is CC(C)N(CC12CC3CC(CC(C3)C1)C2)N=O. The Kier molecular flexibility index (Phi) is 2.68. The Bertz CT molecular complexity index is 278. The lowest BCUT2D eigenvalue weighted by atomic mass is 9.49. The highest BCUT2D eigenvalue weighted by molar-refractivity contribution is 5.02. The molecule has 3 nitrogen and oxygen atoms in total. The molecule has 17 heavy (non-hydrogen) atoms. The van der Waals surface area contributed by atoms with Crippen molar-refractivity contribution in [3.05, 3.63) is 4.91 Å². The Balaban J connectivity index is 1.75. The summed E-state index contributed by atoms with van der Waals surface area (Å²) in [7, 11) is 0. The number of nitroso groups, excluding NO2 is 1. The van der Waals surface area contributed by atoms with Crippen molar-refractivity contribution < 1.29 is 0 Å². The second-order valence-electron chi connectivity index (χ2n) is 7.19. The summed E-state index contributed by atoms with van der Waals surface area (Å²) in [5.41, 5.74) is 0.437. The summed E-state index contributed by atoms with van der Waals surface area (Å²) in [5, 5.41) is 5.03. The van der Waals surface area contributed by atoms with E-state index in [0.717, 1.165) is 24.3 Å². The molecule has 4 aliphatic carbocycles. The quantitative estimate of drug-likeness (QED) is 0.552. The molecule has 0 aliphatic heterocycles. The molecule has 0 spiro atoms. The van der Waals surface area contributed by atoms with Crippen molar-refractivity contribution in [3.63, 3.8) is 0 Å². The minimum atomic E-state index is 0.250. The Morgan fingerprint density at radius 3 is 1.94 bits per heavy atom. The number of hydrogen-bond donors (Lipinski definition) is 0. The first-order valence-corrected chi connectivity index (χ1v) is 7.20. The Morgan fingerprint density at radius 2 is 1.59 bits per heavy atom. The van der Waals surface area contributed by atoms with Crippen molar-refractivity contribution in [2.75, 3.05) is 6.54 Å². The zero-order valence-electron chi connectivity index (χ0n) is 11.1. The van der Waals surface area contributed by atoms with Gasteiger partial charge in [-0.3, -0.25) is 5.01 Å². The van der Waals surface area contributed by atoms with E-state index in [4.69, 9.17) is 0 Å². The van der Waals surface area contributed by atoms with Gasteiger partial charge in [-0.25, -0.2) is 0 Å². The van der Waals surface area contributed by atoms with Gasteiger partial charge >= 0.3 is 0 Å². The molecule has 0 amide bonds. The van der Waals surface area contributed by atoms with Crippen LogP contribution in [0.2, 0.25) is 0 Å². The molecule has 4 saturated carbocycles. The smallest absolute Gasteiger partial charge is 0.0526 e. The van der Waals surface area contributed by atoms with Crippen LogP contribution < -0.4 is 0 Å². The number of nitrogens with zero attached hydrogens (tertiary/aromatic N) is 2. The molecule has 0 saturated heterocycles. The molecule has 4 aliphatic rings. The highest BCUT2D eigenvalue weighted by atomic mass is 16.3. The normalized spacial score (nSPS) is 43.1. The van der Waals surface area contributed by atoms with Crippen LogP contribution >= 0.6 is 0 Å². The standard InChI is InChI=1S/C14H24N2O/c1-10(2)16(15-17)9-14-6-11-3-12(7-14)5-13(4-11)8-14/h10-13H,3-9H2,1-2H3. The van der Waals surface area contributed by atoms with Crippen LogP contribution in [0.1, 0.15) is 52.4 Å². The summed E-state index contributed by atoms with van der Waals surface area (Å²) in [6, 6.07) is 0.250. The summed E-state index contributed by atoms with van der Waals surface area (Å²) < 4.78 is 0. The Morgan fingerprint density at radius 1 is 1.12 bits per heavy atom. The van der Waals surface area contributed by atoms with E-state index in [9.17, 15) is 4.91 Å². The Labute approximate surface area is 104 Å². The van der Waals surface area contributed by atoms with E-state index in [-0.39, 0.29) is 6.04 Å². The summed E-state index contributed by atoms with van der Waals surface area (Å²) in [5.74, 6) is 2.88. The fourth-order valence-electron chi connectivity index (χ4n) is 5.13. The highest BCUT2D eigenvalue weighted by Crippen LogP contribution is 2.60. The van der Waals surface area contributed by atoms with Gasteiger partial charge in [0.2, 0.25) is 0 Å². The summed E-state index contributed by atoms with van der Waals surface area (Å²) in [6.07, 6.45) is 8.48. The lowest BCUT2D eigenvalue weighted by Crippen LogP contribution is -2.51. The van der Waals surface area contributed by atoms with Crippen LogP contribution in [0.3, 0.4) is 0 Å². The van der Waals surface area contributed by atoms with E-state index in [0.29, 0.717) is 5.41 Å². The minimum Gasteiger partial charge on any atom is -0.258 e. The third-order valence-corrected chi connectivity index (χ3v) is 5.36. The predicted octanol–water partition coefficient (Wildman–Crippen LogP) is 3.59. The van der Waals surface area contributed by atoms with Crippen molar-refractivity contribution in [2.45, 2.75) is 58.4 Å². The molecule has 0 unspecified atom stereocenters. The van der Waals surface area contributed by atoms with Crippen LogP contribution in [0.4, 0.5) is 0 Å². The third-order valence-electron chi connectivity index (χ3n) is 5.36. The van der Waals surface area contributed by atoms with Crippen LogP contribution in [0, 0.1) is 28.1 Å². The van der Waals surface area contributed by atoms with Gasteiger partial charge in [-0.2, -0.15) is 0 Å². The monoisotopic (exact) mass is 236 g/mol. The Hall–Kier alpha value is -0.600. The van der Waals surface area contributed by atoms with E-state index in [1.165, 1.54) is 38.5 Å². The van der Waals surface area contributed by atoms with E-state index < -0.39 is 0 Å². The third kappa shape index (κ3) is 1.98. The molecule has 0 aromatic carbocycles. The molecule has 4 bridgehead atoms. The lowest BCUT2D eigenvalue weighted by Gasteiger charge is -2.57. The zero-order valence-corrected chi connectivity index (χ0v) is 11.1. The van der Waals surface area contributed by atoms with Crippen LogP contribution in [0.25, 0.3) is 0 Å². The van der Waals surface area contributed by atoms with E-state index >= 15 is 0 Å². The van der Waals surface area contributed by atoms with Gasteiger partial charge in [0.25, 0.3) is 0 Å². The molecule has 0 aromatic rings. The van der Waals surface area contributed by atoms with Gasteiger partial charge in [0, 0.05) is 12.6 Å². The molecule has 96 valence electrons. The second-order valence-corrected chi connectivity index (χ2v) is 7.19. The average Bonchev–Trinajstić information content (AvgIpc) is 2.23. The maximum atomic E-state index is 10.9. The van der Waals surface area contributed by atoms with E-state index in [1.807, 2.05) is 0 Å². The average molecular weight is 236 g/mol. The topological polar surface area (TPSA) is 32.7 Å². The molecule has 0 atom stereocenters. The maximum absolute atomic E-state index is 10.9. The van der Waals surface area contributed by atoms with Gasteiger partial charge < -0.3 is 0 Å². The molecular weight excluding hydrogens is 212 g/mol. The van der Waals surface area contributed by atoms with Crippen LogP contribution in [-0.2, 0) is 0 Å². The van der Waals surface area contributed by atoms with Crippen molar-refractivity contribution in [1.82, 2.24) is 5.01 Å². The minimum absolute atomic E-state index is 0.250. The lowest BCUT2D eigenvalue weighted by molar-refractivity contribution is -0.0729. The molecule has 0 N–H and O–H groups in total. The summed E-state index contributed by atoms with van der Waals surface area (Å²) >= 11 is 0. The van der Waals surface area contributed by atoms with Crippen molar-refractivity contribution in [2.24, 2.45) is 28.5 Å². The number of hydrogen-bond acceptors (Lipinski definition) is 2. The maximum Gasteiger partial charge on any atom is 0.0526 e. The van der Waals surface area contributed by atoms with Gasteiger partial charge in [0.15, 0.2) is 0 Å². The summed E-state index contributed by atoms with van der Waals surface area (Å²) in [4.78, 5) is 10.9. The first-order valence-electron chi connectivity index (χ1n) is 7.20. The molecular formula is C14H24N2O.